The molecule has 20 heteroatoms. The third kappa shape index (κ3) is 27.5. The molecule has 0 atom stereocenters. The van der Waals surface area contributed by atoms with Crippen LogP contribution in [0, 0.1) is 5.82 Å². The monoisotopic (exact) mass is 1740 g/mol. The Labute approximate surface area is 755 Å². The predicted octanol–water partition coefficient (Wildman–Crippen LogP) is 25.5. The Morgan fingerprint density at radius 2 is 0.849 bits per heavy atom. The van der Waals surface area contributed by atoms with Gasteiger partial charge in [0.1, 0.15) is 28.9 Å². The molecule has 17 nitrogen and oxygen atoms in total. The Morgan fingerprint density at radius 3 is 1.28 bits per heavy atom. The van der Waals surface area contributed by atoms with Crippen molar-refractivity contribution >= 4 is 34.8 Å². The van der Waals surface area contributed by atoms with Crippen molar-refractivity contribution in [1.82, 2.24) is 39.3 Å². The van der Waals surface area contributed by atoms with E-state index >= 15 is 0 Å². The predicted molar refractivity (Wildman–Crippen MR) is 517 cm³/mol. The van der Waals surface area contributed by atoms with E-state index in [1.165, 1.54) is 17.2 Å². The number of phenolic OH excluding ortho intramolecular Hbond substituents is 1. The number of nitrogens with two attached hydrogens (primary N) is 1. The minimum atomic E-state index is -0.192. The first-order valence-corrected chi connectivity index (χ1v) is 42.8. The molecule has 0 unspecified atom stereocenters. The van der Waals surface area contributed by atoms with E-state index in [2.05, 4.69) is 203 Å². The zero-order chi connectivity index (χ0) is 93.4. The molecule has 7 aromatic heterocycles. The van der Waals surface area contributed by atoms with Gasteiger partial charge in [-0.25, -0.2) is 19.3 Å². The van der Waals surface area contributed by atoms with E-state index < -0.39 is 0 Å². The van der Waals surface area contributed by atoms with Gasteiger partial charge < -0.3 is 39.3 Å². The SMILES string of the molecule is CC(C)(C)c1cc2c(cc1O)C(=O)CC2.CC(C)(C)c1ccc(-c2ccc(=O)[nH]c2)cc1Cl.CC(C)(C)c1ccc(-c2ccc(N)nc2)cc1F.COc1cc(-c2ccc(C(C)(C)C)c(OC)c2)ccn1.COc1ccc(-c2ccc(C(C)(C)C)c(OC)c2)cn1.Cn1cc(-c2ccc(C(C)(C)C)nc2)cn1.Cn1ccc(-c2ccc(C(C)(C)C)c(Cl)c2)cc1=O. The maximum absolute atomic E-state index is 14.1. The fourth-order valence-electron chi connectivity index (χ4n) is 13.8. The number of pyridine rings is 6. The number of carbonyl (C=O) groups is 1. The quantitative estimate of drug-likeness (QED) is 0.116. The summed E-state index contributed by atoms with van der Waals surface area (Å²) >= 11 is 12.7. The second kappa shape index (κ2) is 41.9. The molecule has 0 saturated carbocycles. The zero-order valence-corrected chi connectivity index (χ0v) is 79.9. The number of ether oxygens (including phenoxy) is 4. The van der Waals surface area contributed by atoms with Crippen LogP contribution in [-0.2, 0) is 58.4 Å². The van der Waals surface area contributed by atoms with Crippen molar-refractivity contribution in [1.29, 1.82) is 0 Å². The van der Waals surface area contributed by atoms with Crippen molar-refractivity contribution in [2.24, 2.45) is 14.1 Å². The first-order valence-electron chi connectivity index (χ1n) is 42.0. The lowest BCUT2D eigenvalue weighted by Crippen LogP contribution is -2.14. The Hall–Kier alpha value is -12.0. The van der Waals surface area contributed by atoms with Crippen LogP contribution in [0.2, 0.25) is 10.0 Å². The van der Waals surface area contributed by atoms with Crippen molar-refractivity contribution < 1.29 is 33.2 Å². The highest BCUT2D eigenvalue weighted by Crippen LogP contribution is 2.41. The van der Waals surface area contributed by atoms with E-state index in [1.807, 2.05) is 144 Å². The number of nitrogens with one attached hydrogen (secondary N) is 1. The van der Waals surface area contributed by atoms with E-state index in [1.54, 1.807) is 99.9 Å². The Balaban J connectivity index is 0.000000182. The van der Waals surface area contributed by atoms with Gasteiger partial charge in [-0.2, -0.15) is 5.10 Å². The van der Waals surface area contributed by atoms with Gasteiger partial charge >= 0.3 is 0 Å². The molecular weight excluding hydrogens is 1620 g/mol. The van der Waals surface area contributed by atoms with Gasteiger partial charge in [0.2, 0.25) is 17.3 Å². The number of ketones is 1. The highest BCUT2D eigenvalue weighted by atomic mass is 35.5. The van der Waals surface area contributed by atoms with Crippen molar-refractivity contribution in [3.63, 3.8) is 0 Å². The van der Waals surface area contributed by atoms with E-state index in [9.17, 15) is 23.9 Å². The largest absolute Gasteiger partial charge is 0.508 e. The smallest absolute Gasteiger partial charge is 0.250 e. The maximum atomic E-state index is 14.1. The number of nitrogen functional groups attached to an aromatic ring is 1. The topological polar surface area (TPSA) is 224 Å². The normalized spacial score (nSPS) is 12.0. The molecule has 0 aliphatic heterocycles. The summed E-state index contributed by atoms with van der Waals surface area (Å²) in [5.74, 6) is 3.73. The van der Waals surface area contributed by atoms with Crippen LogP contribution >= 0.6 is 23.2 Å². The molecule has 0 saturated heterocycles. The molecular formula is C106H126Cl2FN9O8. The average molecular weight is 1740 g/mol. The lowest BCUT2D eigenvalue weighted by molar-refractivity contribution is 0.0994. The fourth-order valence-corrected chi connectivity index (χ4v) is 14.7. The molecule has 13 aromatic rings. The van der Waals surface area contributed by atoms with Gasteiger partial charge in [0, 0.05) is 137 Å². The fraction of sp³-hybridized carbons (Fsp3) is 0.340. The molecule has 1 aliphatic rings. The van der Waals surface area contributed by atoms with Crippen molar-refractivity contribution in [3.8, 4) is 95.8 Å². The minimum absolute atomic E-state index is 0.0163. The van der Waals surface area contributed by atoms with Crippen molar-refractivity contribution in [2.75, 3.05) is 34.2 Å². The van der Waals surface area contributed by atoms with Crippen molar-refractivity contribution in [2.45, 2.75) is 196 Å². The van der Waals surface area contributed by atoms with Crippen LogP contribution in [0.15, 0.2) is 235 Å². The molecule has 0 amide bonds. The highest BCUT2D eigenvalue weighted by Gasteiger charge is 2.28. The number of phenols is 1. The molecule has 0 radical (unpaired) electrons. The summed E-state index contributed by atoms with van der Waals surface area (Å²) in [4.78, 5) is 53.7. The third-order valence-electron chi connectivity index (χ3n) is 21.1. The lowest BCUT2D eigenvalue weighted by atomic mass is 9.84. The summed E-state index contributed by atoms with van der Waals surface area (Å²) in [6.45, 7) is 44.5. The molecule has 0 fully saturated rings. The number of rotatable bonds is 10. The number of benzene rings is 6. The van der Waals surface area contributed by atoms with Crippen LogP contribution in [0.4, 0.5) is 10.2 Å². The molecule has 1 aliphatic carbocycles. The average Bonchev–Trinajstić information content (AvgIpc) is 1.59. The van der Waals surface area contributed by atoms with E-state index in [0.717, 1.165) is 128 Å². The number of aromatic hydroxyl groups is 1. The van der Waals surface area contributed by atoms with Gasteiger partial charge in [0.15, 0.2) is 5.78 Å². The van der Waals surface area contributed by atoms with Gasteiger partial charge in [0.05, 0.1) is 34.6 Å². The van der Waals surface area contributed by atoms with Crippen LogP contribution < -0.4 is 35.8 Å². The number of fused-ring (bicyclic) bond motifs is 1. The summed E-state index contributed by atoms with van der Waals surface area (Å²) < 4.78 is 38.7. The van der Waals surface area contributed by atoms with Crippen LogP contribution in [0.1, 0.15) is 207 Å². The maximum Gasteiger partial charge on any atom is 0.250 e. The van der Waals surface area contributed by atoms with Crippen LogP contribution in [0.5, 0.6) is 29.0 Å². The summed E-state index contributed by atoms with van der Waals surface area (Å²) in [5.41, 5.74) is 26.6. The number of Topliss-reactive ketones (excluding diaryl/α,β-unsaturated/α-hetero) is 1. The molecule has 14 rings (SSSR count). The second-order valence-electron chi connectivity index (χ2n) is 38.4. The number of nitrogens with zero attached hydrogens (tertiary/aromatic N) is 7. The molecule has 7 heterocycles. The minimum Gasteiger partial charge on any atom is -0.508 e. The lowest BCUT2D eigenvalue weighted by Gasteiger charge is -2.22. The first-order chi connectivity index (χ1) is 58.8. The molecule has 4 N–H and O–H groups in total. The number of aromatic nitrogens is 8. The number of anilines is 1. The summed E-state index contributed by atoms with van der Waals surface area (Å²) in [6, 6.07) is 55.8. The van der Waals surface area contributed by atoms with Crippen LogP contribution in [-0.4, -0.2) is 78.6 Å². The van der Waals surface area contributed by atoms with Gasteiger partial charge in [-0.15, -0.1) is 0 Å². The van der Waals surface area contributed by atoms with Gasteiger partial charge in [-0.05, 0) is 201 Å². The standard InChI is InChI=1S/2C17H21NO2.C16H18ClNO.C15H16ClNO.C15H17FN2.C13H17N3.C13H16O2/c1-17(2,3)14-8-6-12(10-15(14)19-4)13-7-9-16(20-5)18-11-13;1-17(2,3)14-7-6-12(10-15(14)19-4)13-8-9-18-16(11-13)20-5;1-16(2,3)13-6-5-11(9-14(13)17)12-7-8-18(4)15(19)10-12;1-15(2,3)12-6-4-10(8-13(12)16)11-5-7-14(18)17-9-11;1-15(2,3)12-6-4-10(8-13(12)16)11-5-7-14(17)18-9-11;1-13(2,3)12-6-5-10(7-14-12)11-8-15-16(4)9-11;1-13(2,3)10-6-8-4-5-11(14)9(8)7-12(10)15/h2*6-11H,1-5H3;5-10H,1-4H3;4-9H,1-3H3,(H,17,18);4-9H,1-3H3,(H2,17,18);5-9H,1-4H3;6-7,15H,4-5H2,1-3H3. The number of halogens is 3. The molecule has 664 valence electrons. The Kier molecular flexibility index (Phi) is 33.0. The van der Waals surface area contributed by atoms with Crippen LogP contribution in [0.25, 0.3) is 66.8 Å². The summed E-state index contributed by atoms with van der Waals surface area (Å²) in [7, 11) is 10.3. The first kappa shape index (κ1) is 99.4. The Morgan fingerprint density at radius 1 is 0.405 bits per heavy atom. The molecule has 0 bridgehead atoms. The van der Waals surface area contributed by atoms with E-state index in [0.29, 0.717) is 29.6 Å². The number of hydrogen-bond acceptors (Lipinski definition) is 14. The Bertz CT molecular complexity index is 5970. The zero-order valence-electron chi connectivity index (χ0n) is 78.4. The van der Waals surface area contributed by atoms with Crippen molar-refractivity contribution in [3.05, 3.63) is 312 Å². The van der Waals surface area contributed by atoms with Gasteiger partial charge in [0.25, 0.3) is 5.56 Å². The van der Waals surface area contributed by atoms with E-state index in [4.69, 9.17) is 47.9 Å². The van der Waals surface area contributed by atoms with Crippen LogP contribution in [0.3, 0.4) is 0 Å². The number of H-pyrrole nitrogens is 1. The molecule has 126 heavy (non-hydrogen) atoms. The summed E-state index contributed by atoms with van der Waals surface area (Å²) in [6.07, 6.45) is 15.8. The van der Waals surface area contributed by atoms with Gasteiger partial charge in [-0.1, -0.05) is 241 Å². The highest BCUT2D eigenvalue weighted by molar-refractivity contribution is 6.32. The number of aromatic amines is 1. The third-order valence-corrected chi connectivity index (χ3v) is 21.7. The number of hydrogen-bond donors (Lipinski definition) is 3. The summed E-state index contributed by atoms with van der Waals surface area (Å²) in [5, 5.41) is 15.5. The molecule has 0 spiro atoms. The number of aryl methyl sites for hydroxylation is 3. The number of methoxy groups -OCH3 is 4. The van der Waals surface area contributed by atoms with Gasteiger partial charge in [-0.3, -0.25) is 24.0 Å². The second-order valence-corrected chi connectivity index (χ2v) is 39.2. The number of carbonyl (C=O) groups excluding carboxylic acids is 1. The van der Waals surface area contributed by atoms with E-state index in [-0.39, 0.29) is 66.4 Å². The molecule has 6 aromatic carbocycles.